The first kappa shape index (κ1) is 15.7. The molecular formula is C19H24N2O3. The fourth-order valence-corrected chi connectivity index (χ4v) is 3.86. The lowest BCUT2D eigenvalue weighted by molar-refractivity contribution is -0.0608. The van der Waals surface area contributed by atoms with Crippen LogP contribution in [0.4, 0.5) is 0 Å². The molecule has 0 spiro atoms. The van der Waals surface area contributed by atoms with Gasteiger partial charge in [-0.25, -0.2) is 4.98 Å². The zero-order valence-electron chi connectivity index (χ0n) is 14.1. The molecular weight excluding hydrogens is 304 g/mol. The molecule has 5 nitrogen and oxygen atoms in total. The van der Waals surface area contributed by atoms with Crippen LogP contribution in [0.3, 0.4) is 0 Å². The van der Waals surface area contributed by atoms with Crippen molar-refractivity contribution >= 4 is 0 Å². The molecule has 4 rings (SSSR count). The Kier molecular flexibility index (Phi) is 4.54. The number of fused-ring (bicyclic) bond motifs is 1. The third-order valence-electron chi connectivity index (χ3n) is 5.01. The van der Waals surface area contributed by atoms with Crippen molar-refractivity contribution < 1.29 is 13.9 Å². The largest absolute Gasteiger partial charge is 0.477 e. The van der Waals surface area contributed by atoms with E-state index in [4.69, 9.17) is 13.9 Å². The first-order valence-corrected chi connectivity index (χ1v) is 8.73. The number of pyridine rings is 1. The number of ether oxygens (including phenoxy) is 2. The molecule has 0 radical (unpaired) electrons. The fourth-order valence-electron chi connectivity index (χ4n) is 3.86. The molecule has 2 aliphatic rings. The minimum atomic E-state index is 0.312. The number of aromatic nitrogens is 1. The molecule has 2 fully saturated rings. The van der Waals surface area contributed by atoms with Gasteiger partial charge in [-0.1, -0.05) is 6.07 Å². The molecule has 5 heteroatoms. The average molecular weight is 328 g/mol. The number of morpholine rings is 1. The number of hydrogen-bond donors (Lipinski definition) is 0. The van der Waals surface area contributed by atoms with Crippen molar-refractivity contribution in [1.82, 2.24) is 9.88 Å². The monoisotopic (exact) mass is 328 g/mol. The molecule has 0 amide bonds. The lowest BCUT2D eigenvalue weighted by atomic mass is 10.1. The maximum atomic E-state index is 6.01. The van der Waals surface area contributed by atoms with Crippen LogP contribution in [0.5, 0.6) is 5.88 Å². The van der Waals surface area contributed by atoms with Gasteiger partial charge in [-0.05, 0) is 43.9 Å². The summed E-state index contributed by atoms with van der Waals surface area (Å²) in [7, 11) is 0. The number of nitrogens with zero attached hydrogens (tertiary/aromatic N) is 2. The van der Waals surface area contributed by atoms with Crippen molar-refractivity contribution in [3.63, 3.8) is 0 Å². The molecule has 1 aliphatic carbocycles. The highest BCUT2D eigenvalue weighted by molar-refractivity contribution is 5.09. The van der Waals surface area contributed by atoms with Crippen LogP contribution in [-0.2, 0) is 11.3 Å². The summed E-state index contributed by atoms with van der Waals surface area (Å²) in [4.78, 5) is 6.73. The molecule has 0 unspecified atom stereocenters. The molecule has 3 atom stereocenters. The highest BCUT2D eigenvalue weighted by Crippen LogP contribution is 2.35. The predicted molar refractivity (Wildman–Crippen MR) is 89.8 cm³/mol. The van der Waals surface area contributed by atoms with Crippen LogP contribution in [0.1, 0.15) is 24.4 Å². The summed E-state index contributed by atoms with van der Waals surface area (Å²) in [5, 5.41) is 0. The molecule has 0 aromatic carbocycles. The van der Waals surface area contributed by atoms with Gasteiger partial charge in [-0.2, -0.15) is 0 Å². The summed E-state index contributed by atoms with van der Waals surface area (Å²) in [6.45, 7) is 5.34. The third-order valence-corrected chi connectivity index (χ3v) is 5.01. The third kappa shape index (κ3) is 3.47. The van der Waals surface area contributed by atoms with Gasteiger partial charge in [0, 0.05) is 24.8 Å². The Bertz CT molecular complexity index is 658. The first-order chi connectivity index (χ1) is 11.8. The van der Waals surface area contributed by atoms with Gasteiger partial charge in [0.05, 0.1) is 25.9 Å². The lowest BCUT2D eigenvalue weighted by Gasteiger charge is -2.37. The second-order valence-corrected chi connectivity index (χ2v) is 6.78. The standard InChI is InChI=1S/C19H24N2O3/c1-14-5-6-16(24-14)12-21-8-9-22-18-11-15(10-17(18)21)13-23-19-4-2-3-7-20-19/h2-7,15,17-18H,8-13H2,1H3/t15-,17-,18+/m0/s1. The van der Waals surface area contributed by atoms with E-state index < -0.39 is 0 Å². The van der Waals surface area contributed by atoms with Crippen LogP contribution in [0.25, 0.3) is 0 Å². The summed E-state index contributed by atoms with van der Waals surface area (Å²) in [5.41, 5.74) is 0. The van der Waals surface area contributed by atoms with Crippen LogP contribution >= 0.6 is 0 Å². The van der Waals surface area contributed by atoms with Crippen LogP contribution in [0.2, 0.25) is 0 Å². The molecule has 3 heterocycles. The normalized spacial score (nSPS) is 27.1. The molecule has 128 valence electrons. The van der Waals surface area contributed by atoms with E-state index in [0.29, 0.717) is 30.6 Å². The van der Waals surface area contributed by atoms with Gasteiger partial charge >= 0.3 is 0 Å². The second-order valence-electron chi connectivity index (χ2n) is 6.78. The Morgan fingerprint density at radius 3 is 3.00 bits per heavy atom. The summed E-state index contributed by atoms with van der Waals surface area (Å²) >= 11 is 0. The highest BCUT2D eigenvalue weighted by Gasteiger charge is 2.41. The van der Waals surface area contributed by atoms with E-state index in [2.05, 4.69) is 16.0 Å². The number of rotatable bonds is 5. The van der Waals surface area contributed by atoms with Crippen molar-refractivity contribution in [2.75, 3.05) is 19.8 Å². The number of aryl methyl sites for hydroxylation is 1. The van der Waals surface area contributed by atoms with Gasteiger partial charge in [-0.3, -0.25) is 4.90 Å². The average Bonchev–Trinajstić information content (AvgIpc) is 3.20. The smallest absolute Gasteiger partial charge is 0.213 e. The Labute approximate surface area is 142 Å². The van der Waals surface area contributed by atoms with E-state index in [1.165, 1.54) is 0 Å². The molecule has 1 aliphatic heterocycles. The summed E-state index contributed by atoms with van der Waals surface area (Å²) in [5.74, 6) is 3.24. The second kappa shape index (κ2) is 6.95. The number of hydrogen-bond acceptors (Lipinski definition) is 5. The van der Waals surface area contributed by atoms with Gasteiger partial charge in [0.2, 0.25) is 5.88 Å². The Balaban J connectivity index is 1.35. The summed E-state index contributed by atoms with van der Waals surface area (Å²) in [6, 6.07) is 10.3. The van der Waals surface area contributed by atoms with Crippen LogP contribution < -0.4 is 4.74 Å². The minimum absolute atomic E-state index is 0.312. The maximum Gasteiger partial charge on any atom is 0.213 e. The molecule has 0 N–H and O–H groups in total. The minimum Gasteiger partial charge on any atom is -0.477 e. The van der Waals surface area contributed by atoms with Crippen molar-refractivity contribution in [2.24, 2.45) is 5.92 Å². The van der Waals surface area contributed by atoms with Crippen LogP contribution in [0, 0.1) is 12.8 Å². The van der Waals surface area contributed by atoms with Crippen molar-refractivity contribution in [2.45, 2.75) is 38.5 Å². The van der Waals surface area contributed by atoms with Crippen LogP contribution in [-0.4, -0.2) is 41.8 Å². The molecule has 1 saturated carbocycles. The Hall–Kier alpha value is -1.85. The maximum absolute atomic E-state index is 6.01. The number of furan rings is 1. The van der Waals surface area contributed by atoms with Gasteiger partial charge in [0.15, 0.2) is 0 Å². The first-order valence-electron chi connectivity index (χ1n) is 8.73. The van der Waals surface area contributed by atoms with Crippen molar-refractivity contribution in [1.29, 1.82) is 0 Å². The van der Waals surface area contributed by atoms with Gasteiger partial charge in [-0.15, -0.1) is 0 Å². The van der Waals surface area contributed by atoms with E-state index in [1.54, 1.807) is 6.20 Å². The fraction of sp³-hybridized carbons (Fsp3) is 0.526. The van der Waals surface area contributed by atoms with Crippen LogP contribution in [0.15, 0.2) is 40.9 Å². The van der Waals surface area contributed by atoms with Crippen molar-refractivity contribution in [3.05, 3.63) is 48.0 Å². The zero-order valence-corrected chi connectivity index (χ0v) is 14.1. The predicted octanol–water partition coefficient (Wildman–Crippen LogP) is 3.04. The van der Waals surface area contributed by atoms with E-state index in [9.17, 15) is 0 Å². The SMILES string of the molecule is Cc1ccc(CN2CCO[C@@H]3C[C@@H](COc4ccccn4)C[C@@H]32)o1. The van der Waals surface area contributed by atoms with Gasteiger partial charge in [0.25, 0.3) is 0 Å². The lowest BCUT2D eigenvalue weighted by Crippen LogP contribution is -2.47. The van der Waals surface area contributed by atoms with Gasteiger partial charge in [0.1, 0.15) is 11.5 Å². The van der Waals surface area contributed by atoms with E-state index in [-0.39, 0.29) is 0 Å². The molecule has 0 bridgehead atoms. The highest BCUT2D eigenvalue weighted by atomic mass is 16.5. The molecule has 1 saturated heterocycles. The van der Waals surface area contributed by atoms with E-state index >= 15 is 0 Å². The summed E-state index contributed by atoms with van der Waals surface area (Å²) < 4.78 is 17.6. The van der Waals surface area contributed by atoms with Crippen molar-refractivity contribution in [3.8, 4) is 5.88 Å². The van der Waals surface area contributed by atoms with E-state index in [1.807, 2.05) is 31.2 Å². The Morgan fingerprint density at radius 1 is 1.25 bits per heavy atom. The summed E-state index contributed by atoms with van der Waals surface area (Å²) in [6.07, 6.45) is 4.25. The van der Waals surface area contributed by atoms with Gasteiger partial charge < -0.3 is 13.9 Å². The molecule has 2 aromatic rings. The molecule has 2 aromatic heterocycles. The van der Waals surface area contributed by atoms with E-state index in [0.717, 1.165) is 44.1 Å². The quantitative estimate of drug-likeness (QED) is 0.844. The molecule has 24 heavy (non-hydrogen) atoms. The Morgan fingerprint density at radius 2 is 2.21 bits per heavy atom. The zero-order chi connectivity index (χ0) is 16.4. The topological polar surface area (TPSA) is 47.7 Å².